The summed E-state index contributed by atoms with van der Waals surface area (Å²) in [5.74, 6) is -0.0234. The van der Waals surface area contributed by atoms with Gasteiger partial charge >= 0.3 is 0 Å². The van der Waals surface area contributed by atoms with Gasteiger partial charge in [-0.3, -0.25) is 9.69 Å². The Balaban J connectivity index is 2.52. The monoisotopic (exact) mass is 284 g/mol. The summed E-state index contributed by atoms with van der Waals surface area (Å²) in [4.78, 5) is 17.0. The Morgan fingerprint density at radius 1 is 1.15 bits per heavy atom. The second-order valence-corrected chi connectivity index (χ2v) is 6.65. The molecular formula is C15H32N4O. The van der Waals surface area contributed by atoms with Crippen LogP contribution in [0.15, 0.2) is 0 Å². The smallest absolute Gasteiger partial charge is 0.240 e. The predicted molar refractivity (Wildman–Crippen MR) is 83.7 cm³/mol. The summed E-state index contributed by atoms with van der Waals surface area (Å²) in [5, 5.41) is 3.05. The van der Waals surface area contributed by atoms with Crippen LogP contribution in [0.4, 0.5) is 0 Å². The first-order chi connectivity index (χ1) is 9.25. The summed E-state index contributed by atoms with van der Waals surface area (Å²) in [6.07, 6.45) is 1.34. The van der Waals surface area contributed by atoms with E-state index in [9.17, 15) is 4.79 Å². The second-order valence-electron chi connectivity index (χ2n) is 6.65. The van der Waals surface area contributed by atoms with E-state index in [0.717, 1.165) is 26.2 Å². The maximum absolute atomic E-state index is 12.2. The van der Waals surface area contributed by atoms with E-state index >= 15 is 0 Å². The normalized spacial score (nSPS) is 19.1. The molecule has 1 aliphatic rings. The number of likely N-dealkylation sites (N-methyl/N-ethyl adjacent to an activating group) is 1. The van der Waals surface area contributed by atoms with Gasteiger partial charge in [0.15, 0.2) is 0 Å². The zero-order valence-electron chi connectivity index (χ0n) is 13.8. The van der Waals surface area contributed by atoms with Crippen molar-refractivity contribution in [3.63, 3.8) is 0 Å². The van der Waals surface area contributed by atoms with Crippen molar-refractivity contribution in [3.05, 3.63) is 0 Å². The first-order valence-corrected chi connectivity index (χ1v) is 7.76. The third-order valence-corrected chi connectivity index (χ3v) is 4.75. The molecule has 0 spiro atoms. The van der Waals surface area contributed by atoms with Crippen LogP contribution in [0.5, 0.6) is 0 Å². The fourth-order valence-electron chi connectivity index (χ4n) is 2.57. The number of nitrogens with zero attached hydrogens (tertiary/aromatic N) is 2. The van der Waals surface area contributed by atoms with Crippen molar-refractivity contribution in [2.24, 2.45) is 5.73 Å². The Morgan fingerprint density at radius 2 is 1.65 bits per heavy atom. The number of amides is 1. The molecular weight excluding hydrogens is 252 g/mol. The van der Waals surface area contributed by atoms with E-state index in [4.69, 9.17) is 5.73 Å². The Hall–Kier alpha value is -0.650. The van der Waals surface area contributed by atoms with Crippen LogP contribution in [0, 0.1) is 0 Å². The molecule has 1 amide bonds. The number of piperazine rings is 1. The minimum absolute atomic E-state index is 0.0234. The molecule has 1 heterocycles. The number of carbonyl (C=O) groups is 1. The lowest BCUT2D eigenvalue weighted by Crippen LogP contribution is -2.60. The fraction of sp³-hybridized carbons (Fsp3) is 0.933. The number of carbonyl (C=O) groups excluding carboxylic acids is 1. The van der Waals surface area contributed by atoms with Crippen LogP contribution in [0.1, 0.15) is 40.5 Å². The molecule has 0 saturated carbocycles. The zero-order chi connectivity index (χ0) is 15.4. The molecule has 0 aliphatic carbocycles. The van der Waals surface area contributed by atoms with E-state index < -0.39 is 5.54 Å². The molecule has 5 heteroatoms. The van der Waals surface area contributed by atoms with Crippen LogP contribution < -0.4 is 11.1 Å². The zero-order valence-corrected chi connectivity index (χ0v) is 13.8. The third-order valence-electron chi connectivity index (χ3n) is 4.75. The number of hydrogen-bond donors (Lipinski definition) is 2. The maximum Gasteiger partial charge on any atom is 0.240 e. The van der Waals surface area contributed by atoms with Crippen molar-refractivity contribution in [1.82, 2.24) is 15.1 Å². The Kier molecular flexibility index (Phi) is 5.98. The van der Waals surface area contributed by atoms with Crippen molar-refractivity contribution >= 4 is 5.91 Å². The van der Waals surface area contributed by atoms with E-state index in [1.165, 1.54) is 0 Å². The van der Waals surface area contributed by atoms with Gasteiger partial charge in [-0.25, -0.2) is 0 Å². The van der Waals surface area contributed by atoms with Gasteiger partial charge in [-0.15, -0.1) is 0 Å². The van der Waals surface area contributed by atoms with E-state index in [1.807, 2.05) is 13.8 Å². The lowest BCUT2D eigenvalue weighted by molar-refractivity contribution is -0.127. The number of rotatable bonds is 6. The fourth-order valence-corrected chi connectivity index (χ4v) is 2.57. The van der Waals surface area contributed by atoms with Crippen molar-refractivity contribution in [1.29, 1.82) is 0 Å². The highest BCUT2D eigenvalue weighted by Crippen LogP contribution is 2.17. The standard InChI is InChI=1S/C15H32N4O/c1-6-15(16,7-2)13(20)17-12-14(3,4)19-10-8-18(5)9-11-19/h6-12,16H2,1-5H3,(H,17,20). The van der Waals surface area contributed by atoms with Gasteiger partial charge in [-0.1, -0.05) is 13.8 Å². The quantitative estimate of drug-likeness (QED) is 0.752. The van der Waals surface area contributed by atoms with Crippen molar-refractivity contribution in [2.45, 2.75) is 51.6 Å². The van der Waals surface area contributed by atoms with Crippen molar-refractivity contribution in [2.75, 3.05) is 39.8 Å². The van der Waals surface area contributed by atoms with E-state index in [2.05, 4.69) is 36.0 Å². The number of hydrogen-bond acceptors (Lipinski definition) is 4. The molecule has 0 aromatic heterocycles. The lowest BCUT2D eigenvalue weighted by Gasteiger charge is -2.43. The minimum Gasteiger partial charge on any atom is -0.353 e. The lowest BCUT2D eigenvalue weighted by atomic mass is 9.92. The van der Waals surface area contributed by atoms with Gasteiger partial charge in [-0.05, 0) is 33.7 Å². The van der Waals surface area contributed by atoms with Crippen LogP contribution in [0.3, 0.4) is 0 Å². The predicted octanol–water partition coefficient (Wildman–Crippen LogP) is 0.646. The van der Waals surface area contributed by atoms with Crippen LogP contribution in [-0.2, 0) is 4.79 Å². The molecule has 0 aromatic carbocycles. The second kappa shape index (κ2) is 6.87. The molecule has 1 fully saturated rings. The molecule has 0 atom stereocenters. The third kappa shape index (κ3) is 4.17. The number of nitrogens with one attached hydrogen (secondary N) is 1. The summed E-state index contributed by atoms with van der Waals surface area (Å²) in [6, 6.07) is 0. The Labute approximate surface area is 123 Å². The molecule has 1 rings (SSSR count). The SMILES string of the molecule is CCC(N)(CC)C(=O)NCC(C)(C)N1CCN(C)CC1. The largest absolute Gasteiger partial charge is 0.353 e. The molecule has 5 nitrogen and oxygen atoms in total. The van der Waals surface area contributed by atoms with Gasteiger partial charge in [0, 0.05) is 38.3 Å². The van der Waals surface area contributed by atoms with Crippen molar-refractivity contribution in [3.8, 4) is 0 Å². The van der Waals surface area contributed by atoms with Crippen LogP contribution in [0.2, 0.25) is 0 Å². The molecule has 0 bridgehead atoms. The molecule has 1 saturated heterocycles. The summed E-state index contributed by atoms with van der Waals surface area (Å²) in [7, 11) is 2.15. The van der Waals surface area contributed by atoms with Gasteiger partial charge in [0.25, 0.3) is 0 Å². The molecule has 0 radical (unpaired) electrons. The summed E-state index contributed by atoms with van der Waals surface area (Å²) >= 11 is 0. The van der Waals surface area contributed by atoms with Gasteiger partial charge in [0.05, 0.1) is 5.54 Å². The van der Waals surface area contributed by atoms with Gasteiger partial charge in [0.1, 0.15) is 0 Å². The van der Waals surface area contributed by atoms with E-state index in [1.54, 1.807) is 0 Å². The van der Waals surface area contributed by atoms with E-state index in [-0.39, 0.29) is 11.4 Å². The van der Waals surface area contributed by atoms with Crippen LogP contribution >= 0.6 is 0 Å². The van der Waals surface area contributed by atoms with E-state index in [0.29, 0.717) is 19.4 Å². The highest BCUT2D eigenvalue weighted by molar-refractivity contribution is 5.85. The van der Waals surface area contributed by atoms with Crippen LogP contribution in [0.25, 0.3) is 0 Å². The molecule has 0 aromatic rings. The molecule has 0 unspecified atom stereocenters. The summed E-state index contributed by atoms with van der Waals surface area (Å²) < 4.78 is 0. The van der Waals surface area contributed by atoms with Gasteiger partial charge in [0.2, 0.25) is 5.91 Å². The molecule has 3 N–H and O–H groups in total. The maximum atomic E-state index is 12.2. The molecule has 1 aliphatic heterocycles. The topological polar surface area (TPSA) is 61.6 Å². The van der Waals surface area contributed by atoms with Crippen LogP contribution in [-0.4, -0.2) is 66.6 Å². The average molecular weight is 284 g/mol. The molecule has 20 heavy (non-hydrogen) atoms. The number of nitrogens with two attached hydrogens (primary N) is 1. The Bertz CT molecular complexity index is 318. The van der Waals surface area contributed by atoms with Crippen molar-refractivity contribution < 1.29 is 4.79 Å². The Morgan fingerprint density at radius 3 is 2.10 bits per heavy atom. The first kappa shape index (κ1) is 17.4. The molecule has 118 valence electrons. The highest BCUT2D eigenvalue weighted by Gasteiger charge is 2.33. The first-order valence-electron chi connectivity index (χ1n) is 7.76. The minimum atomic E-state index is -0.724. The highest BCUT2D eigenvalue weighted by atomic mass is 16.2. The average Bonchev–Trinajstić information content (AvgIpc) is 2.44. The van der Waals surface area contributed by atoms with Gasteiger partial charge in [-0.2, -0.15) is 0 Å². The summed E-state index contributed by atoms with van der Waals surface area (Å²) in [6.45, 7) is 13.2. The summed E-state index contributed by atoms with van der Waals surface area (Å²) in [5.41, 5.74) is 5.38. The van der Waals surface area contributed by atoms with Gasteiger partial charge < -0.3 is 16.0 Å².